The van der Waals surface area contributed by atoms with Gasteiger partial charge in [0, 0.05) is 23.3 Å². The topological polar surface area (TPSA) is 32.9 Å². The van der Waals surface area contributed by atoms with Gasteiger partial charge in [-0.3, -0.25) is 4.79 Å². The maximum Gasteiger partial charge on any atom is 0.421 e. The van der Waals surface area contributed by atoms with Gasteiger partial charge in [-0.2, -0.15) is 13.2 Å². The Morgan fingerprint density at radius 1 is 1.38 bits per heavy atom. The zero-order valence-electron chi connectivity index (χ0n) is 6.28. The van der Waals surface area contributed by atoms with Gasteiger partial charge in [0.25, 0.3) is 0 Å². The molecule has 13 heavy (non-hydrogen) atoms. The van der Waals surface area contributed by atoms with Gasteiger partial charge in [-0.05, 0) is 0 Å². The molecule has 1 aromatic rings. The third kappa shape index (κ3) is 2.12. The summed E-state index contributed by atoms with van der Waals surface area (Å²) in [5.74, 6) is 0. The smallest absolute Gasteiger partial charge is 0.367 e. The second kappa shape index (κ2) is 3.53. The fraction of sp³-hybridized carbons (Fsp3) is 0.286. The summed E-state index contributed by atoms with van der Waals surface area (Å²) < 4.78 is 36.4. The molecule has 0 saturated carbocycles. The lowest BCUT2D eigenvalue weighted by atomic mass is 10.2. The van der Waals surface area contributed by atoms with Crippen molar-refractivity contribution < 1.29 is 13.2 Å². The molecule has 0 aromatic carbocycles. The number of H-pyrrole nitrogens is 1. The van der Waals surface area contributed by atoms with E-state index in [0.717, 1.165) is 0 Å². The van der Waals surface area contributed by atoms with Crippen LogP contribution in [0.5, 0.6) is 0 Å². The standard InChI is InChI=1S/C7H5BrF3NO/c8-1-4-2-12-3-5(6(4)13)7(9,10)11/h2-3H,1H2,(H,12,13). The van der Waals surface area contributed by atoms with Crippen LogP contribution in [-0.2, 0) is 11.5 Å². The largest absolute Gasteiger partial charge is 0.421 e. The maximum absolute atomic E-state index is 12.1. The number of nitrogens with one attached hydrogen (secondary N) is 1. The first-order valence-corrected chi connectivity index (χ1v) is 4.42. The van der Waals surface area contributed by atoms with Crippen molar-refractivity contribution in [3.63, 3.8) is 0 Å². The number of rotatable bonds is 1. The molecule has 1 N–H and O–H groups in total. The van der Waals surface area contributed by atoms with E-state index >= 15 is 0 Å². The molecule has 1 rings (SSSR count). The van der Waals surface area contributed by atoms with Crippen LogP contribution in [0.1, 0.15) is 11.1 Å². The Bertz CT molecular complexity index is 357. The minimum atomic E-state index is -4.59. The average molecular weight is 256 g/mol. The Balaban J connectivity index is 3.33. The first-order valence-electron chi connectivity index (χ1n) is 3.30. The van der Waals surface area contributed by atoms with Crippen molar-refractivity contribution in [1.82, 2.24) is 4.98 Å². The number of aromatic amines is 1. The molecule has 6 heteroatoms. The SMILES string of the molecule is O=c1c(CBr)c[nH]cc1C(F)(F)F. The highest BCUT2D eigenvalue weighted by Gasteiger charge is 2.34. The summed E-state index contributed by atoms with van der Waals surface area (Å²) >= 11 is 2.92. The van der Waals surface area contributed by atoms with Gasteiger partial charge in [-0.1, -0.05) is 15.9 Å². The van der Waals surface area contributed by atoms with Gasteiger partial charge in [-0.15, -0.1) is 0 Å². The van der Waals surface area contributed by atoms with Crippen LogP contribution in [0.15, 0.2) is 17.2 Å². The molecule has 0 spiro atoms. The van der Waals surface area contributed by atoms with Crippen LogP contribution < -0.4 is 5.43 Å². The van der Waals surface area contributed by atoms with Gasteiger partial charge in [0.2, 0.25) is 0 Å². The van der Waals surface area contributed by atoms with Crippen molar-refractivity contribution in [3.05, 3.63) is 33.7 Å². The molecule has 0 aliphatic heterocycles. The van der Waals surface area contributed by atoms with E-state index in [-0.39, 0.29) is 10.9 Å². The van der Waals surface area contributed by atoms with E-state index in [2.05, 4.69) is 20.9 Å². The van der Waals surface area contributed by atoms with Crippen LogP contribution in [0.25, 0.3) is 0 Å². The van der Waals surface area contributed by atoms with Crippen LogP contribution >= 0.6 is 15.9 Å². The Morgan fingerprint density at radius 3 is 2.46 bits per heavy atom. The van der Waals surface area contributed by atoms with Crippen LogP contribution in [0, 0.1) is 0 Å². The van der Waals surface area contributed by atoms with Crippen molar-refractivity contribution in [1.29, 1.82) is 0 Å². The predicted octanol–water partition coefficient (Wildman–Crippen LogP) is 2.29. The van der Waals surface area contributed by atoms with E-state index < -0.39 is 17.2 Å². The highest BCUT2D eigenvalue weighted by atomic mass is 79.9. The summed E-state index contributed by atoms with van der Waals surface area (Å²) in [7, 11) is 0. The molecule has 0 unspecified atom stereocenters. The van der Waals surface area contributed by atoms with Crippen LogP contribution in [0.4, 0.5) is 13.2 Å². The first kappa shape index (κ1) is 10.3. The number of hydrogen-bond acceptors (Lipinski definition) is 1. The van der Waals surface area contributed by atoms with Crippen molar-refractivity contribution in [2.75, 3.05) is 0 Å². The lowest BCUT2D eigenvalue weighted by molar-refractivity contribution is -0.138. The molecule has 0 bridgehead atoms. The molecule has 0 saturated heterocycles. The quantitative estimate of drug-likeness (QED) is 0.768. The number of hydrogen-bond donors (Lipinski definition) is 1. The maximum atomic E-state index is 12.1. The third-order valence-corrected chi connectivity index (χ3v) is 2.07. The van der Waals surface area contributed by atoms with E-state index in [0.29, 0.717) is 6.20 Å². The Labute approximate surface area is 79.9 Å². The van der Waals surface area contributed by atoms with Crippen molar-refractivity contribution in [2.45, 2.75) is 11.5 Å². The van der Waals surface area contributed by atoms with Crippen LogP contribution in [0.2, 0.25) is 0 Å². The minimum Gasteiger partial charge on any atom is -0.367 e. The fourth-order valence-corrected chi connectivity index (χ4v) is 1.26. The van der Waals surface area contributed by atoms with Gasteiger partial charge >= 0.3 is 6.18 Å². The third-order valence-electron chi connectivity index (χ3n) is 1.47. The fourth-order valence-electron chi connectivity index (χ4n) is 0.839. The van der Waals surface area contributed by atoms with Gasteiger partial charge in [-0.25, -0.2) is 0 Å². The lowest BCUT2D eigenvalue weighted by Gasteiger charge is -2.05. The molecule has 1 aromatic heterocycles. The summed E-state index contributed by atoms with van der Waals surface area (Å²) in [6.07, 6.45) is -2.69. The zero-order chi connectivity index (χ0) is 10.1. The summed E-state index contributed by atoms with van der Waals surface area (Å²) in [5, 5.41) is 0.103. The normalized spacial score (nSPS) is 11.7. The van der Waals surface area contributed by atoms with Crippen molar-refractivity contribution >= 4 is 15.9 Å². The number of aromatic nitrogens is 1. The average Bonchev–Trinajstić information content (AvgIpc) is 2.02. The highest BCUT2D eigenvalue weighted by molar-refractivity contribution is 9.08. The van der Waals surface area contributed by atoms with Crippen LogP contribution in [-0.4, -0.2) is 4.98 Å². The molecule has 0 amide bonds. The second-order valence-corrected chi connectivity index (χ2v) is 2.92. The molecule has 0 atom stereocenters. The first-order chi connectivity index (χ1) is 5.96. The van der Waals surface area contributed by atoms with Gasteiger partial charge in [0.1, 0.15) is 5.56 Å². The number of halogens is 4. The van der Waals surface area contributed by atoms with E-state index in [9.17, 15) is 18.0 Å². The molecule has 0 radical (unpaired) electrons. The predicted molar refractivity (Wildman–Crippen MR) is 44.7 cm³/mol. The molecule has 0 fully saturated rings. The monoisotopic (exact) mass is 255 g/mol. The van der Waals surface area contributed by atoms with E-state index in [1.54, 1.807) is 0 Å². The highest BCUT2D eigenvalue weighted by Crippen LogP contribution is 2.26. The second-order valence-electron chi connectivity index (χ2n) is 2.35. The minimum absolute atomic E-state index is 0.0647. The summed E-state index contributed by atoms with van der Waals surface area (Å²) in [5.41, 5.74) is -2.08. The summed E-state index contributed by atoms with van der Waals surface area (Å²) in [6, 6.07) is 0. The van der Waals surface area contributed by atoms with Crippen molar-refractivity contribution in [2.24, 2.45) is 0 Å². The molecule has 1 heterocycles. The number of pyridine rings is 1. The Morgan fingerprint density at radius 2 is 2.00 bits per heavy atom. The Hall–Kier alpha value is -0.780. The van der Waals surface area contributed by atoms with Gasteiger partial charge in [0.15, 0.2) is 5.43 Å². The van der Waals surface area contributed by atoms with Crippen LogP contribution in [0.3, 0.4) is 0 Å². The van der Waals surface area contributed by atoms with Gasteiger partial charge in [0.05, 0.1) is 0 Å². The molecule has 72 valence electrons. The summed E-state index contributed by atoms with van der Waals surface area (Å²) in [6.45, 7) is 0. The Kier molecular flexibility index (Phi) is 2.80. The number of alkyl halides is 4. The molecule has 0 aliphatic carbocycles. The molecular formula is C7H5BrF3NO. The van der Waals surface area contributed by atoms with E-state index in [1.165, 1.54) is 6.20 Å². The molecular weight excluding hydrogens is 251 g/mol. The van der Waals surface area contributed by atoms with Crippen molar-refractivity contribution in [3.8, 4) is 0 Å². The van der Waals surface area contributed by atoms with E-state index in [1.807, 2.05) is 0 Å². The molecule has 0 aliphatic rings. The van der Waals surface area contributed by atoms with Gasteiger partial charge < -0.3 is 4.98 Å². The zero-order valence-corrected chi connectivity index (χ0v) is 7.87. The summed E-state index contributed by atoms with van der Waals surface area (Å²) in [4.78, 5) is 13.4. The molecule has 2 nitrogen and oxygen atoms in total. The lowest BCUT2D eigenvalue weighted by Crippen LogP contribution is -2.21. The van der Waals surface area contributed by atoms with E-state index in [4.69, 9.17) is 0 Å².